The number of aliphatic hydroxyl groups is 1. The Bertz CT molecular complexity index is 607. The van der Waals surface area contributed by atoms with Crippen LogP contribution in [0.1, 0.15) is 22.8 Å². The first kappa shape index (κ1) is 13.0. The highest BCUT2D eigenvalue weighted by atomic mass is 16.6. The summed E-state index contributed by atoms with van der Waals surface area (Å²) in [5.41, 5.74) is 3.11. The molecule has 0 radical (unpaired) electrons. The zero-order chi connectivity index (χ0) is 13.9. The van der Waals surface area contributed by atoms with E-state index in [4.69, 9.17) is 9.47 Å². The molecular formula is C17H18O3. The number of benzene rings is 2. The van der Waals surface area contributed by atoms with Gasteiger partial charge in [-0.1, -0.05) is 42.0 Å². The second kappa shape index (κ2) is 5.55. The summed E-state index contributed by atoms with van der Waals surface area (Å²) in [6.07, 6.45) is -0.0185. The molecule has 20 heavy (non-hydrogen) atoms. The Morgan fingerprint density at radius 1 is 1.10 bits per heavy atom. The number of ether oxygens (including phenoxy) is 2. The van der Waals surface area contributed by atoms with Crippen molar-refractivity contribution in [2.24, 2.45) is 0 Å². The normalized spacial score (nSPS) is 14.9. The quantitative estimate of drug-likeness (QED) is 0.931. The Morgan fingerprint density at radius 2 is 1.90 bits per heavy atom. The third kappa shape index (κ3) is 2.63. The fraction of sp³-hybridized carbons (Fsp3) is 0.294. The number of aliphatic hydroxyl groups excluding tert-OH is 1. The molecule has 0 bridgehead atoms. The summed E-state index contributed by atoms with van der Waals surface area (Å²) in [6.45, 7) is 3.14. The van der Waals surface area contributed by atoms with Crippen LogP contribution in [0.25, 0.3) is 0 Å². The van der Waals surface area contributed by atoms with Crippen LogP contribution < -0.4 is 9.47 Å². The first-order chi connectivity index (χ1) is 9.74. The number of hydrogen-bond acceptors (Lipinski definition) is 3. The molecule has 1 aliphatic rings. The lowest BCUT2D eigenvalue weighted by Gasteiger charge is -2.23. The molecule has 104 valence electrons. The van der Waals surface area contributed by atoms with Crippen molar-refractivity contribution < 1.29 is 14.6 Å². The van der Waals surface area contributed by atoms with E-state index in [9.17, 15) is 5.11 Å². The lowest BCUT2D eigenvalue weighted by Crippen LogP contribution is -2.17. The van der Waals surface area contributed by atoms with Crippen molar-refractivity contribution in [3.63, 3.8) is 0 Å². The SMILES string of the molecule is Cc1cccc(CC(O)c2cccc3c2OCCO3)c1. The maximum Gasteiger partial charge on any atom is 0.167 e. The van der Waals surface area contributed by atoms with E-state index in [1.54, 1.807) is 0 Å². The monoisotopic (exact) mass is 270 g/mol. The fourth-order valence-corrected chi connectivity index (χ4v) is 2.53. The average Bonchev–Trinajstić information content (AvgIpc) is 2.46. The molecule has 1 heterocycles. The molecule has 1 atom stereocenters. The summed E-state index contributed by atoms with van der Waals surface area (Å²) in [5, 5.41) is 10.5. The molecule has 0 saturated carbocycles. The summed E-state index contributed by atoms with van der Waals surface area (Å²) in [6, 6.07) is 13.8. The van der Waals surface area contributed by atoms with E-state index >= 15 is 0 Å². The van der Waals surface area contributed by atoms with E-state index in [1.165, 1.54) is 5.56 Å². The zero-order valence-corrected chi connectivity index (χ0v) is 11.5. The molecule has 0 aromatic heterocycles. The molecule has 0 amide bonds. The number of fused-ring (bicyclic) bond motifs is 1. The van der Waals surface area contributed by atoms with Crippen molar-refractivity contribution in [3.05, 3.63) is 59.2 Å². The van der Waals surface area contributed by atoms with E-state index in [0.717, 1.165) is 16.9 Å². The van der Waals surface area contributed by atoms with Gasteiger partial charge in [0, 0.05) is 12.0 Å². The molecule has 3 rings (SSSR count). The summed E-state index contributed by atoms with van der Waals surface area (Å²) < 4.78 is 11.2. The Morgan fingerprint density at radius 3 is 2.75 bits per heavy atom. The van der Waals surface area contributed by atoms with Gasteiger partial charge in [0.25, 0.3) is 0 Å². The summed E-state index contributed by atoms with van der Waals surface area (Å²) in [4.78, 5) is 0. The standard InChI is InChI=1S/C17H18O3/c1-12-4-2-5-13(10-12)11-15(18)14-6-3-7-16-17(14)20-9-8-19-16/h2-7,10,15,18H,8-9,11H2,1H3. The van der Waals surface area contributed by atoms with Crippen LogP contribution in [0.15, 0.2) is 42.5 Å². The van der Waals surface area contributed by atoms with Gasteiger partial charge in [-0.15, -0.1) is 0 Å². The Kier molecular flexibility index (Phi) is 3.61. The van der Waals surface area contributed by atoms with Gasteiger partial charge in [0.05, 0.1) is 6.10 Å². The molecule has 3 heteroatoms. The van der Waals surface area contributed by atoms with Gasteiger partial charge >= 0.3 is 0 Å². The summed E-state index contributed by atoms with van der Waals surface area (Å²) in [5.74, 6) is 1.40. The minimum Gasteiger partial charge on any atom is -0.486 e. The minimum absolute atomic E-state index is 0.529. The number of rotatable bonds is 3. The minimum atomic E-state index is -0.589. The molecule has 1 unspecified atom stereocenters. The van der Waals surface area contributed by atoms with Crippen molar-refractivity contribution in [1.29, 1.82) is 0 Å². The molecular weight excluding hydrogens is 252 g/mol. The topological polar surface area (TPSA) is 38.7 Å². The van der Waals surface area contributed by atoms with Crippen LogP contribution in [0.3, 0.4) is 0 Å². The molecule has 3 nitrogen and oxygen atoms in total. The van der Waals surface area contributed by atoms with Crippen molar-refractivity contribution in [1.82, 2.24) is 0 Å². The molecule has 1 aliphatic heterocycles. The molecule has 0 saturated heterocycles. The van der Waals surface area contributed by atoms with Gasteiger partial charge in [0.1, 0.15) is 13.2 Å². The van der Waals surface area contributed by atoms with Gasteiger partial charge < -0.3 is 14.6 Å². The van der Waals surface area contributed by atoms with Crippen LogP contribution in [-0.4, -0.2) is 18.3 Å². The van der Waals surface area contributed by atoms with Crippen LogP contribution in [0, 0.1) is 6.92 Å². The fourth-order valence-electron chi connectivity index (χ4n) is 2.53. The number of aryl methyl sites for hydroxylation is 1. The first-order valence-corrected chi connectivity index (χ1v) is 6.86. The Hall–Kier alpha value is -2.00. The predicted octanol–water partition coefficient (Wildman–Crippen LogP) is 3.04. The molecule has 2 aromatic carbocycles. The van der Waals surface area contributed by atoms with Gasteiger partial charge in [-0.25, -0.2) is 0 Å². The first-order valence-electron chi connectivity index (χ1n) is 6.86. The van der Waals surface area contributed by atoms with Crippen LogP contribution in [0.5, 0.6) is 11.5 Å². The summed E-state index contributed by atoms with van der Waals surface area (Å²) in [7, 11) is 0. The van der Waals surface area contributed by atoms with Gasteiger partial charge in [-0.2, -0.15) is 0 Å². The van der Waals surface area contributed by atoms with E-state index in [0.29, 0.717) is 25.4 Å². The van der Waals surface area contributed by atoms with Crippen LogP contribution in [0.4, 0.5) is 0 Å². The Labute approximate surface area is 118 Å². The average molecular weight is 270 g/mol. The molecule has 0 aliphatic carbocycles. The molecule has 1 N–H and O–H groups in total. The van der Waals surface area contributed by atoms with Gasteiger partial charge in [0.2, 0.25) is 0 Å². The predicted molar refractivity (Wildman–Crippen MR) is 77.3 cm³/mol. The van der Waals surface area contributed by atoms with Crippen LogP contribution >= 0.6 is 0 Å². The summed E-state index contributed by atoms with van der Waals surface area (Å²) >= 11 is 0. The maximum absolute atomic E-state index is 10.5. The van der Waals surface area contributed by atoms with Gasteiger partial charge in [0.15, 0.2) is 11.5 Å². The lowest BCUT2D eigenvalue weighted by molar-refractivity contribution is 0.146. The third-order valence-electron chi connectivity index (χ3n) is 3.47. The van der Waals surface area contributed by atoms with E-state index in [2.05, 4.69) is 19.1 Å². The van der Waals surface area contributed by atoms with E-state index < -0.39 is 6.10 Å². The second-order valence-corrected chi connectivity index (χ2v) is 5.08. The lowest BCUT2D eigenvalue weighted by atomic mass is 9.99. The molecule has 0 fully saturated rings. The number of para-hydroxylation sites is 1. The van der Waals surface area contributed by atoms with E-state index in [1.807, 2.05) is 30.3 Å². The zero-order valence-electron chi connectivity index (χ0n) is 11.5. The van der Waals surface area contributed by atoms with Gasteiger partial charge in [-0.3, -0.25) is 0 Å². The smallest absolute Gasteiger partial charge is 0.167 e. The highest BCUT2D eigenvalue weighted by molar-refractivity contribution is 5.48. The van der Waals surface area contributed by atoms with Crippen molar-refractivity contribution in [2.45, 2.75) is 19.4 Å². The molecule has 0 spiro atoms. The van der Waals surface area contributed by atoms with Crippen molar-refractivity contribution in [2.75, 3.05) is 13.2 Å². The van der Waals surface area contributed by atoms with Crippen molar-refractivity contribution in [3.8, 4) is 11.5 Å². The largest absolute Gasteiger partial charge is 0.486 e. The maximum atomic E-state index is 10.5. The Balaban J connectivity index is 1.85. The highest BCUT2D eigenvalue weighted by Gasteiger charge is 2.20. The highest BCUT2D eigenvalue weighted by Crippen LogP contribution is 2.37. The van der Waals surface area contributed by atoms with Gasteiger partial charge in [-0.05, 0) is 18.6 Å². The second-order valence-electron chi connectivity index (χ2n) is 5.08. The third-order valence-corrected chi connectivity index (χ3v) is 3.47. The molecule has 2 aromatic rings. The van der Waals surface area contributed by atoms with E-state index in [-0.39, 0.29) is 0 Å². The number of hydrogen-bond donors (Lipinski definition) is 1. The van der Waals surface area contributed by atoms with Crippen LogP contribution in [-0.2, 0) is 6.42 Å². The van der Waals surface area contributed by atoms with Crippen molar-refractivity contribution >= 4 is 0 Å². The van der Waals surface area contributed by atoms with Crippen LogP contribution in [0.2, 0.25) is 0 Å².